The van der Waals surface area contributed by atoms with E-state index >= 15 is 0 Å². The Morgan fingerprint density at radius 3 is 2.71 bits per heavy atom. The van der Waals surface area contributed by atoms with Gasteiger partial charge < -0.3 is 14.4 Å². The molecule has 0 unspecified atom stereocenters. The lowest BCUT2D eigenvalue weighted by atomic mass is 10.2. The second kappa shape index (κ2) is 7.60. The largest absolute Gasteiger partial charge is 0.486 e. The molecule has 5 rings (SSSR count). The number of para-hydroxylation sites is 2. The molecular weight excluding hydrogens is 376 g/mol. The van der Waals surface area contributed by atoms with Crippen molar-refractivity contribution in [2.45, 2.75) is 18.9 Å². The van der Waals surface area contributed by atoms with Gasteiger partial charge in [0, 0.05) is 45.7 Å². The van der Waals surface area contributed by atoms with E-state index in [1.165, 1.54) is 0 Å². The molecule has 1 aromatic heterocycles. The molecule has 2 saturated heterocycles. The van der Waals surface area contributed by atoms with Gasteiger partial charge in [-0.15, -0.1) is 11.3 Å². The summed E-state index contributed by atoms with van der Waals surface area (Å²) < 4.78 is 11.9. The predicted octanol–water partition coefficient (Wildman–Crippen LogP) is 2.23. The highest BCUT2D eigenvalue weighted by Crippen LogP contribution is 2.36. The van der Waals surface area contributed by atoms with Crippen molar-refractivity contribution in [2.24, 2.45) is 0 Å². The van der Waals surface area contributed by atoms with E-state index in [0.717, 1.165) is 68.0 Å². The van der Waals surface area contributed by atoms with E-state index in [9.17, 15) is 4.79 Å². The molecule has 28 heavy (non-hydrogen) atoms. The quantitative estimate of drug-likeness (QED) is 0.785. The van der Waals surface area contributed by atoms with E-state index in [1.54, 1.807) is 11.3 Å². The number of ether oxygens (including phenoxy) is 2. The number of hydrogen-bond donors (Lipinski definition) is 0. The molecule has 0 aliphatic carbocycles. The van der Waals surface area contributed by atoms with Gasteiger partial charge in [-0.2, -0.15) is 0 Å². The van der Waals surface area contributed by atoms with Gasteiger partial charge in [-0.3, -0.25) is 14.6 Å². The van der Waals surface area contributed by atoms with E-state index in [0.29, 0.717) is 13.0 Å². The zero-order valence-corrected chi connectivity index (χ0v) is 16.6. The highest BCUT2D eigenvalue weighted by atomic mass is 32.1. The minimum absolute atomic E-state index is 0.0580. The maximum Gasteiger partial charge on any atom is 0.228 e. The van der Waals surface area contributed by atoms with Crippen molar-refractivity contribution in [3.05, 3.63) is 29.8 Å². The van der Waals surface area contributed by atoms with Crippen LogP contribution >= 0.6 is 11.3 Å². The van der Waals surface area contributed by atoms with Crippen molar-refractivity contribution < 1.29 is 14.3 Å². The number of amides is 1. The Bertz CT molecular complexity index is 849. The Hall–Kier alpha value is -2.32. The third-order valence-electron chi connectivity index (χ3n) is 5.55. The first kappa shape index (κ1) is 17.8. The number of hydrogen-bond acceptors (Lipinski definition) is 7. The molecule has 148 valence electrons. The topological polar surface area (TPSA) is 58.1 Å². The van der Waals surface area contributed by atoms with Crippen molar-refractivity contribution in [1.82, 2.24) is 9.88 Å². The number of anilines is 2. The summed E-state index contributed by atoms with van der Waals surface area (Å²) in [5.41, 5.74) is 1.85. The first-order valence-corrected chi connectivity index (χ1v) is 10.8. The predicted molar refractivity (Wildman–Crippen MR) is 109 cm³/mol. The molecule has 1 amide bonds. The van der Waals surface area contributed by atoms with Gasteiger partial charge >= 0.3 is 0 Å². The number of rotatable bonds is 4. The average Bonchev–Trinajstić information content (AvgIpc) is 3.37. The van der Waals surface area contributed by atoms with Crippen molar-refractivity contribution in [1.29, 1.82) is 0 Å². The molecule has 2 fully saturated rings. The fourth-order valence-electron chi connectivity index (χ4n) is 4.08. The molecule has 0 N–H and O–H groups in total. The number of carbonyl (C=O) groups excluding carboxylic acids is 1. The van der Waals surface area contributed by atoms with Crippen LogP contribution in [0.15, 0.2) is 29.8 Å². The van der Waals surface area contributed by atoms with Gasteiger partial charge in [-0.05, 0) is 18.6 Å². The fourth-order valence-corrected chi connectivity index (χ4v) is 4.93. The third-order valence-corrected chi connectivity index (χ3v) is 6.42. The zero-order chi connectivity index (χ0) is 18.9. The molecule has 3 aliphatic rings. The lowest BCUT2D eigenvalue weighted by Gasteiger charge is -2.38. The number of nitrogens with zero attached hydrogens (tertiary/aromatic N) is 4. The smallest absolute Gasteiger partial charge is 0.228 e. The number of piperazine rings is 1. The van der Waals surface area contributed by atoms with E-state index in [2.05, 4.69) is 14.8 Å². The number of thiazole rings is 1. The van der Waals surface area contributed by atoms with Crippen LogP contribution < -0.4 is 19.3 Å². The van der Waals surface area contributed by atoms with Crippen LogP contribution in [-0.2, 0) is 4.79 Å². The van der Waals surface area contributed by atoms with Crippen LogP contribution in [0.3, 0.4) is 0 Å². The molecule has 1 aromatic carbocycles. The molecule has 0 saturated carbocycles. The van der Waals surface area contributed by atoms with Crippen molar-refractivity contribution in [3.8, 4) is 11.5 Å². The molecule has 2 aromatic rings. The molecule has 7 nitrogen and oxygen atoms in total. The van der Waals surface area contributed by atoms with E-state index in [-0.39, 0.29) is 12.0 Å². The molecule has 0 spiro atoms. The van der Waals surface area contributed by atoms with Gasteiger partial charge in [0.25, 0.3) is 0 Å². The lowest BCUT2D eigenvalue weighted by Crippen LogP contribution is -2.50. The summed E-state index contributed by atoms with van der Waals surface area (Å²) in [6.07, 6.45) is 1.62. The highest BCUT2D eigenvalue weighted by molar-refractivity contribution is 7.14. The maximum absolute atomic E-state index is 12.1. The molecule has 1 atom stereocenters. The lowest BCUT2D eigenvalue weighted by molar-refractivity contribution is -0.117. The van der Waals surface area contributed by atoms with Crippen LogP contribution in [0.1, 0.15) is 12.8 Å². The minimum atomic E-state index is 0.0580. The van der Waals surface area contributed by atoms with Crippen LogP contribution in [0, 0.1) is 0 Å². The molecule has 0 radical (unpaired) electrons. The van der Waals surface area contributed by atoms with Crippen molar-refractivity contribution in [3.63, 3.8) is 0 Å². The molecule has 3 aliphatic heterocycles. The van der Waals surface area contributed by atoms with Crippen LogP contribution in [0.5, 0.6) is 11.5 Å². The normalized spacial score (nSPS) is 22.7. The zero-order valence-electron chi connectivity index (χ0n) is 15.7. The van der Waals surface area contributed by atoms with Crippen LogP contribution in [-0.4, -0.2) is 67.8 Å². The van der Waals surface area contributed by atoms with E-state index < -0.39 is 0 Å². The minimum Gasteiger partial charge on any atom is -0.486 e. The Labute approximate surface area is 168 Å². The third kappa shape index (κ3) is 3.42. The molecule has 8 heteroatoms. The van der Waals surface area contributed by atoms with Crippen molar-refractivity contribution in [2.75, 3.05) is 55.7 Å². The van der Waals surface area contributed by atoms with Gasteiger partial charge in [0.05, 0.1) is 5.51 Å². The SMILES string of the molecule is O=C1CCCN1c1ncsc1N1CCN(C[C@H]2COc3ccccc3O2)CC1. The Morgan fingerprint density at radius 1 is 1.11 bits per heavy atom. The van der Waals surface area contributed by atoms with Gasteiger partial charge in [0.2, 0.25) is 5.91 Å². The second-order valence-electron chi connectivity index (χ2n) is 7.42. The fraction of sp³-hybridized carbons (Fsp3) is 0.500. The molecule has 4 heterocycles. The van der Waals surface area contributed by atoms with Crippen molar-refractivity contribution >= 4 is 28.1 Å². The highest BCUT2D eigenvalue weighted by Gasteiger charge is 2.30. The Kier molecular flexibility index (Phi) is 4.82. The first-order valence-electron chi connectivity index (χ1n) is 9.87. The van der Waals surface area contributed by atoms with Crippen LogP contribution in [0.2, 0.25) is 0 Å². The van der Waals surface area contributed by atoms with Crippen LogP contribution in [0.25, 0.3) is 0 Å². The monoisotopic (exact) mass is 400 g/mol. The Morgan fingerprint density at radius 2 is 1.93 bits per heavy atom. The number of aromatic nitrogens is 1. The number of fused-ring (bicyclic) bond motifs is 1. The van der Waals surface area contributed by atoms with E-state index in [4.69, 9.17) is 9.47 Å². The first-order chi connectivity index (χ1) is 13.8. The Balaban J connectivity index is 1.18. The van der Waals surface area contributed by atoms with Crippen LogP contribution in [0.4, 0.5) is 10.8 Å². The maximum atomic E-state index is 12.1. The number of carbonyl (C=O) groups is 1. The summed E-state index contributed by atoms with van der Waals surface area (Å²) in [6.45, 7) is 6.04. The molecular formula is C20H24N4O3S. The molecule has 0 bridgehead atoms. The summed E-state index contributed by atoms with van der Waals surface area (Å²) in [7, 11) is 0. The summed E-state index contributed by atoms with van der Waals surface area (Å²) in [6, 6.07) is 7.85. The van der Waals surface area contributed by atoms with Gasteiger partial charge in [-0.25, -0.2) is 4.98 Å². The summed E-state index contributed by atoms with van der Waals surface area (Å²) in [5.74, 6) is 2.71. The van der Waals surface area contributed by atoms with Gasteiger partial charge in [0.15, 0.2) is 17.3 Å². The number of benzene rings is 1. The summed E-state index contributed by atoms with van der Waals surface area (Å²) >= 11 is 1.63. The van der Waals surface area contributed by atoms with Gasteiger partial charge in [0.1, 0.15) is 17.7 Å². The standard InChI is InChI=1S/C20H24N4O3S/c25-18-6-3-7-24(18)19-20(28-14-21-19)23-10-8-22(9-11-23)12-15-13-26-16-4-1-2-5-17(16)27-15/h1-2,4-5,14-15H,3,6-13H2/t15-/m0/s1. The van der Waals surface area contributed by atoms with Gasteiger partial charge in [-0.1, -0.05) is 12.1 Å². The van der Waals surface area contributed by atoms with E-state index in [1.807, 2.05) is 34.7 Å². The summed E-state index contributed by atoms with van der Waals surface area (Å²) in [4.78, 5) is 23.2. The summed E-state index contributed by atoms with van der Waals surface area (Å²) in [5, 5.41) is 1.13. The second-order valence-corrected chi connectivity index (χ2v) is 8.25. The average molecular weight is 401 g/mol.